The molecule has 1 aliphatic carbocycles. The molecule has 5 rings (SSSR count). The lowest BCUT2D eigenvalue weighted by atomic mass is 10.1. The Hall–Kier alpha value is -4.47. The topological polar surface area (TPSA) is 129 Å². The number of hydrogen-bond donors (Lipinski definition) is 2. The summed E-state index contributed by atoms with van der Waals surface area (Å²) in [5, 5.41) is 11.7. The van der Waals surface area contributed by atoms with E-state index in [1.807, 2.05) is 43.3 Å². The summed E-state index contributed by atoms with van der Waals surface area (Å²) in [7, 11) is 1.49. The van der Waals surface area contributed by atoms with Gasteiger partial charge >= 0.3 is 0 Å². The van der Waals surface area contributed by atoms with Crippen molar-refractivity contribution in [3.63, 3.8) is 0 Å². The molecule has 3 N–H and O–H groups in total. The smallest absolute Gasteiger partial charge is 0.257 e. The maximum Gasteiger partial charge on any atom is 0.257 e. The fourth-order valence-electron chi connectivity index (χ4n) is 4.45. The number of methoxy groups -OCH3 is 1. The SMILES string of the molecule is COc1ncc(-c2cc(C)c3c(N)ncnn23)cc1C(=O)NC1CCC(=NOCc2ccccc2)C1. The zero-order valence-electron chi connectivity index (χ0n) is 20.1. The van der Waals surface area contributed by atoms with Crippen molar-refractivity contribution in [1.29, 1.82) is 0 Å². The summed E-state index contributed by atoms with van der Waals surface area (Å²) in [4.78, 5) is 27.2. The average Bonchev–Trinajstić information content (AvgIpc) is 3.48. The Morgan fingerprint density at radius 3 is 2.89 bits per heavy atom. The van der Waals surface area contributed by atoms with E-state index in [1.54, 1.807) is 16.8 Å². The van der Waals surface area contributed by atoms with Crippen LogP contribution in [0.15, 0.2) is 60.1 Å². The number of hydrogen-bond acceptors (Lipinski definition) is 8. The molecule has 3 heterocycles. The highest BCUT2D eigenvalue weighted by Crippen LogP contribution is 2.29. The van der Waals surface area contributed by atoms with E-state index in [4.69, 9.17) is 15.3 Å². The van der Waals surface area contributed by atoms with Crippen LogP contribution in [-0.2, 0) is 11.4 Å². The molecule has 0 radical (unpaired) electrons. The number of carbonyl (C=O) groups is 1. The summed E-state index contributed by atoms with van der Waals surface area (Å²) in [6.07, 6.45) is 5.24. The van der Waals surface area contributed by atoms with E-state index < -0.39 is 0 Å². The number of oxime groups is 1. The van der Waals surface area contributed by atoms with Gasteiger partial charge in [0, 0.05) is 24.2 Å². The van der Waals surface area contributed by atoms with E-state index in [1.165, 1.54) is 13.4 Å². The van der Waals surface area contributed by atoms with Crippen LogP contribution in [0.25, 0.3) is 16.8 Å². The van der Waals surface area contributed by atoms with E-state index in [9.17, 15) is 4.79 Å². The molecule has 1 amide bonds. The lowest BCUT2D eigenvalue weighted by Crippen LogP contribution is -2.33. The minimum Gasteiger partial charge on any atom is -0.480 e. The van der Waals surface area contributed by atoms with Crippen molar-refractivity contribution in [2.75, 3.05) is 12.8 Å². The molecule has 1 aliphatic rings. The molecular formula is C26H27N7O3. The van der Waals surface area contributed by atoms with Crippen molar-refractivity contribution in [2.45, 2.75) is 38.8 Å². The number of benzene rings is 1. The van der Waals surface area contributed by atoms with Crippen molar-refractivity contribution in [3.8, 4) is 17.1 Å². The third-order valence-corrected chi connectivity index (χ3v) is 6.22. The van der Waals surface area contributed by atoms with Gasteiger partial charge in [0.1, 0.15) is 24.0 Å². The van der Waals surface area contributed by atoms with Gasteiger partial charge in [-0.2, -0.15) is 5.10 Å². The normalized spacial score (nSPS) is 16.4. The maximum absolute atomic E-state index is 13.2. The van der Waals surface area contributed by atoms with Gasteiger partial charge in [0.25, 0.3) is 5.91 Å². The van der Waals surface area contributed by atoms with E-state index in [0.29, 0.717) is 30.0 Å². The molecule has 1 unspecified atom stereocenters. The minimum atomic E-state index is -0.260. The number of pyridine rings is 1. The fourth-order valence-corrected chi connectivity index (χ4v) is 4.45. The van der Waals surface area contributed by atoms with Crippen LogP contribution in [0.4, 0.5) is 5.82 Å². The van der Waals surface area contributed by atoms with Gasteiger partial charge < -0.3 is 20.6 Å². The highest BCUT2D eigenvalue weighted by atomic mass is 16.6. The third-order valence-electron chi connectivity index (χ3n) is 6.22. The van der Waals surface area contributed by atoms with Crippen molar-refractivity contribution >= 4 is 23.0 Å². The van der Waals surface area contributed by atoms with Gasteiger partial charge in [0.05, 0.1) is 18.5 Å². The number of nitrogen functional groups attached to an aromatic ring is 1. The van der Waals surface area contributed by atoms with Gasteiger partial charge in [0.15, 0.2) is 5.82 Å². The summed E-state index contributed by atoms with van der Waals surface area (Å²) in [5.74, 6) is 0.380. The number of carbonyl (C=O) groups excluding carboxylic acids is 1. The number of nitrogens with one attached hydrogen (secondary N) is 1. The maximum atomic E-state index is 13.2. The number of amides is 1. The van der Waals surface area contributed by atoms with Crippen molar-refractivity contribution in [2.24, 2.45) is 5.16 Å². The van der Waals surface area contributed by atoms with Gasteiger partial charge in [0.2, 0.25) is 5.88 Å². The highest BCUT2D eigenvalue weighted by molar-refractivity contribution is 5.98. The molecule has 0 spiro atoms. The number of rotatable bonds is 7. The summed E-state index contributed by atoms with van der Waals surface area (Å²) < 4.78 is 7.09. The van der Waals surface area contributed by atoms with E-state index in [-0.39, 0.29) is 17.8 Å². The minimum absolute atomic E-state index is 0.0474. The Kier molecular flexibility index (Phi) is 6.48. The van der Waals surface area contributed by atoms with E-state index in [0.717, 1.165) is 40.9 Å². The molecule has 3 aromatic heterocycles. The molecule has 1 saturated carbocycles. The van der Waals surface area contributed by atoms with Crippen LogP contribution in [0.2, 0.25) is 0 Å². The molecule has 0 aliphatic heterocycles. The van der Waals surface area contributed by atoms with Gasteiger partial charge in [-0.25, -0.2) is 14.5 Å². The molecule has 10 nitrogen and oxygen atoms in total. The zero-order chi connectivity index (χ0) is 25.1. The van der Waals surface area contributed by atoms with Gasteiger partial charge in [-0.05, 0) is 43.0 Å². The summed E-state index contributed by atoms with van der Waals surface area (Å²) in [6, 6.07) is 13.5. The molecule has 1 atom stereocenters. The Labute approximate surface area is 208 Å². The highest BCUT2D eigenvalue weighted by Gasteiger charge is 2.25. The molecule has 0 saturated heterocycles. The van der Waals surface area contributed by atoms with Crippen LogP contribution in [0.3, 0.4) is 0 Å². The zero-order valence-corrected chi connectivity index (χ0v) is 20.1. The van der Waals surface area contributed by atoms with Crippen LogP contribution in [-0.4, -0.2) is 44.4 Å². The first-order valence-electron chi connectivity index (χ1n) is 11.7. The van der Waals surface area contributed by atoms with Crippen LogP contribution in [0.1, 0.15) is 40.7 Å². The molecular weight excluding hydrogens is 458 g/mol. The summed E-state index contributed by atoms with van der Waals surface area (Å²) >= 11 is 0. The van der Waals surface area contributed by atoms with E-state index >= 15 is 0 Å². The Balaban J connectivity index is 1.31. The van der Waals surface area contributed by atoms with Gasteiger partial charge in [-0.15, -0.1) is 0 Å². The molecule has 10 heteroatoms. The standard InChI is InChI=1S/C26H27N7O3/c1-16-10-22(33-23(16)24(27)29-15-30-33)18-11-21(26(35-2)28-13-18)25(34)31-19-8-9-20(12-19)32-36-14-17-6-4-3-5-7-17/h3-7,10-11,13,15,19H,8-9,12,14H2,1-2H3,(H,31,34)(H2,27,29,30). The quantitative estimate of drug-likeness (QED) is 0.383. The van der Waals surface area contributed by atoms with Crippen molar-refractivity contribution < 1.29 is 14.4 Å². The first-order chi connectivity index (χ1) is 17.5. The number of aryl methyl sites for hydroxylation is 1. The molecule has 4 aromatic rings. The molecule has 0 bridgehead atoms. The van der Waals surface area contributed by atoms with Crippen LogP contribution in [0, 0.1) is 6.92 Å². The van der Waals surface area contributed by atoms with E-state index in [2.05, 4.69) is 25.5 Å². The second-order valence-electron chi connectivity index (χ2n) is 8.73. The van der Waals surface area contributed by atoms with Crippen LogP contribution in [0.5, 0.6) is 5.88 Å². The number of nitrogens with zero attached hydrogens (tertiary/aromatic N) is 5. The lowest BCUT2D eigenvalue weighted by molar-refractivity contribution is 0.0934. The first kappa shape index (κ1) is 23.3. The van der Waals surface area contributed by atoms with Crippen molar-refractivity contribution in [1.82, 2.24) is 24.9 Å². The predicted molar refractivity (Wildman–Crippen MR) is 136 cm³/mol. The Bertz CT molecular complexity index is 1430. The fraction of sp³-hybridized carbons (Fsp3) is 0.269. The third kappa shape index (κ3) is 4.70. The largest absolute Gasteiger partial charge is 0.480 e. The lowest BCUT2D eigenvalue weighted by Gasteiger charge is -2.14. The predicted octanol–water partition coefficient (Wildman–Crippen LogP) is 3.55. The monoisotopic (exact) mass is 485 g/mol. The Morgan fingerprint density at radius 2 is 2.08 bits per heavy atom. The second-order valence-corrected chi connectivity index (χ2v) is 8.73. The molecule has 1 fully saturated rings. The summed E-state index contributed by atoms with van der Waals surface area (Å²) in [6.45, 7) is 2.35. The first-order valence-corrected chi connectivity index (χ1v) is 11.7. The summed E-state index contributed by atoms with van der Waals surface area (Å²) in [5.41, 5.74) is 11.5. The number of aromatic nitrogens is 4. The van der Waals surface area contributed by atoms with Gasteiger partial charge in [-0.3, -0.25) is 4.79 Å². The molecule has 1 aromatic carbocycles. The van der Waals surface area contributed by atoms with Crippen LogP contribution < -0.4 is 15.8 Å². The van der Waals surface area contributed by atoms with Crippen molar-refractivity contribution in [3.05, 3.63) is 71.7 Å². The van der Waals surface area contributed by atoms with Crippen LogP contribution >= 0.6 is 0 Å². The molecule has 36 heavy (non-hydrogen) atoms. The van der Waals surface area contributed by atoms with Gasteiger partial charge in [-0.1, -0.05) is 35.5 Å². The number of anilines is 1. The molecule has 184 valence electrons. The Morgan fingerprint density at radius 1 is 1.25 bits per heavy atom. The number of ether oxygens (including phenoxy) is 1. The average molecular weight is 486 g/mol. The second kappa shape index (κ2) is 10.0. The number of nitrogens with two attached hydrogens (primary N) is 1. The number of fused-ring (bicyclic) bond motifs is 1.